The summed E-state index contributed by atoms with van der Waals surface area (Å²) in [7, 11) is -4.07. The van der Waals surface area contributed by atoms with Crippen molar-refractivity contribution in [3.8, 4) is 0 Å². The van der Waals surface area contributed by atoms with Crippen molar-refractivity contribution in [1.29, 1.82) is 0 Å². The molecule has 1 aliphatic rings. The molecule has 4 aromatic rings. The van der Waals surface area contributed by atoms with E-state index in [-0.39, 0.29) is 22.1 Å². The van der Waals surface area contributed by atoms with Crippen molar-refractivity contribution >= 4 is 49.7 Å². The fraction of sp³-hybridized carbons (Fsp3) is 0.0400. The number of aryl methyl sites for hydroxylation is 1. The van der Waals surface area contributed by atoms with E-state index in [1.807, 2.05) is 25.1 Å². The average molecular weight is 458 g/mol. The van der Waals surface area contributed by atoms with Crippen molar-refractivity contribution in [2.75, 3.05) is 15.4 Å². The number of rotatable bonds is 5. The van der Waals surface area contributed by atoms with Gasteiger partial charge in [0, 0.05) is 27.7 Å². The van der Waals surface area contributed by atoms with Gasteiger partial charge < -0.3 is 10.6 Å². The second-order valence-corrected chi connectivity index (χ2v) is 9.42. The van der Waals surface area contributed by atoms with Crippen molar-refractivity contribution in [1.82, 2.24) is 0 Å². The molecule has 3 N–H and O–H groups in total. The first-order chi connectivity index (χ1) is 15.8. The van der Waals surface area contributed by atoms with E-state index >= 15 is 0 Å². The average Bonchev–Trinajstić information content (AvgIpc) is 3.11. The summed E-state index contributed by atoms with van der Waals surface area (Å²) in [5.41, 5.74) is 2.94. The Morgan fingerprint density at radius 2 is 1.70 bits per heavy atom. The van der Waals surface area contributed by atoms with E-state index in [1.165, 1.54) is 12.1 Å². The number of sulfonamides is 1. The third-order valence-electron chi connectivity index (χ3n) is 5.47. The van der Waals surface area contributed by atoms with Crippen LogP contribution in [0.5, 0.6) is 0 Å². The zero-order chi connectivity index (χ0) is 23.2. The second-order valence-electron chi connectivity index (χ2n) is 7.77. The monoisotopic (exact) mass is 457 g/mol. The van der Waals surface area contributed by atoms with Crippen molar-refractivity contribution < 1.29 is 18.0 Å². The minimum Gasteiger partial charge on any atom is -0.322 e. The molecule has 0 aliphatic carbocycles. The highest BCUT2D eigenvalue weighted by Gasteiger charge is 2.27. The van der Waals surface area contributed by atoms with E-state index in [9.17, 15) is 18.0 Å². The van der Waals surface area contributed by atoms with Gasteiger partial charge in [-0.3, -0.25) is 14.3 Å². The Hall–Kier alpha value is -4.17. The van der Waals surface area contributed by atoms with Crippen molar-refractivity contribution in [2.45, 2.75) is 11.8 Å². The van der Waals surface area contributed by atoms with Gasteiger partial charge in [0.15, 0.2) is 0 Å². The van der Waals surface area contributed by atoms with Gasteiger partial charge in [-0.2, -0.15) is 0 Å². The molecule has 0 fully saturated rings. The summed E-state index contributed by atoms with van der Waals surface area (Å²) >= 11 is 0. The number of benzene rings is 4. The second kappa shape index (κ2) is 7.75. The van der Waals surface area contributed by atoms with Gasteiger partial charge in [0.2, 0.25) is 0 Å². The van der Waals surface area contributed by atoms with Crippen LogP contribution >= 0.6 is 0 Å². The summed E-state index contributed by atoms with van der Waals surface area (Å²) in [6.07, 6.45) is 0. The lowest BCUT2D eigenvalue weighted by atomic mass is 10.1. The number of hydrogen-bond donors (Lipinski definition) is 3. The smallest absolute Gasteiger partial charge is 0.262 e. The highest BCUT2D eigenvalue weighted by molar-refractivity contribution is 7.93. The van der Waals surface area contributed by atoms with Crippen LogP contribution in [0.1, 0.15) is 26.3 Å². The maximum absolute atomic E-state index is 13.4. The van der Waals surface area contributed by atoms with Gasteiger partial charge >= 0.3 is 0 Å². The topological polar surface area (TPSA) is 104 Å². The number of hydrogen-bond acceptors (Lipinski definition) is 4. The van der Waals surface area contributed by atoms with E-state index in [4.69, 9.17) is 0 Å². The Bertz CT molecular complexity index is 1560. The highest BCUT2D eigenvalue weighted by atomic mass is 32.2. The van der Waals surface area contributed by atoms with Gasteiger partial charge in [0.05, 0.1) is 16.1 Å². The molecule has 4 aromatic carbocycles. The van der Waals surface area contributed by atoms with Crippen molar-refractivity contribution in [3.05, 3.63) is 95.6 Å². The standard InChI is InChI=1S/C25H19N3O4S/c1-15-6-4-7-16(14-15)26-24(29)17-8-2-3-11-20(17)28-33(31,32)22-13-12-21-23-18(22)9-5-10-19(23)25(30)27-21/h2-14,28H,1H3,(H,26,29)(H,27,30). The minimum atomic E-state index is -4.07. The van der Waals surface area contributed by atoms with E-state index in [0.29, 0.717) is 27.7 Å². The molecule has 0 radical (unpaired) electrons. The molecule has 8 heteroatoms. The van der Waals surface area contributed by atoms with Gasteiger partial charge in [-0.25, -0.2) is 8.42 Å². The molecule has 0 saturated heterocycles. The lowest BCUT2D eigenvalue weighted by Crippen LogP contribution is -2.19. The molecule has 0 bridgehead atoms. The number of carbonyl (C=O) groups excluding carboxylic acids is 2. The number of carbonyl (C=O) groups is 2. The van der Waals surface area contributed by atoms with Crippen LogP contribution in [0.2, 0.25) is 0 Å². The Morgan fingerprint density at radius 3 is 2.52 bits per heavy atom. The first-order valence-corrected chi connectivity index (χ1v) is 11.7. The lowest BCUT2D eigenvalue weighted by molar-refractivity contribution is 0.102. The lowest BCUT2D eigenvalue weighted by Gasteiger charge is -2.14. The van der Waals surface area contributed by atoms with Crippen LogP contribution < -0.4 is 15.4 Å². The molecule has 164 valence electrons. The maximum Gasteiger partial charge on any atom is 0.262 e. The Labute approximate surface area is 190 Å². The molecular formula is C25H19N3O4S. The Balaban J connectivity index is 1.51. The zero-order valence-electron chi connectivity index (χ0n) is 17.5. The van der Waals surface area contributed by atoms with Crippen LogP contribution in [0.15, 0.2) is 83.8 Å². The number of anilines is 3. The summed E-state index contributed by atoms with van der Waals surface area (Å²) in [5.74, 6) is -0.703. The predicted molar refractivity (Wildman–Crippen MR) is 128 cm³/mol. The molecule has 2 amide bonds. The summed E-state index contributed by atoms with van der Waals surface area (Å²) in [4.78, 5) is 25.1. The molecule has 0 saturated carbocycles. The van der Waals surface area contributed by atoms with E-state index in [1.54, 1.807) is 48.5 Å². The molecule has 0 atom stereocenters. The summed E-state index contributed by atoms with van der Waals surface area (Å²) in [5, 5.41) is 6.54. The third kappa shape index (κ3) is 3.70. The van der Waals surface area contributed by atoms with Crippen LogP contribution in [0.4, 0.5) is 17.1 Å². The fourth-order valence-electron chi connectivity index (χ4n) is 3.99. The SMILES string of the molecule is Cc1cccc(NC(=O)c2ccccc2NS(=O)(=O)c2ccc3c4c(cccc24)C(=O)N3)c1. The van der Waals surface area contributed by atoms with E-state index in [2.05, 4.69) is 15.4 Å². The minimum absolute atomic E-state index is 0.0218. The number of para-hydroxylation sites is 1. The Morgan fingerprint density at radius 1 is 0.909 bits per heavy atom. The normalized spacial score (nSPS) is 12.5. The largest absolute Gasteiger partial charge is 0.322 e. The van der Waals surface area contributed by atoms with Crippen LogP contribution in [-0.2, 0) is 10.0 Å². The third-order valence-corrected chi connectivity index (χ3v) is 6.90. The molecule has 1 heterocycles. The van der Waals surface area contributed by atoms with Crippen LogP contribution in [-0.4, -0.2) is 20.2 Å². The first kappa shape index (κ1) is 20.7. The fourth-order valence-corrected chi connectivity index (χ4v) is 5.27. The molecule has 0 unspecified atom stereocenters. The van der Waals surface area contributed by atoms with E-state index < -0.39 is 15.9 Å². The maximum atomic E-state index is 13.4. The van der Waals surface area contributed by atoms with E-state index in [0.717, 1.165) is 5.56 Å². The molecule has 7 nitrogen and oxygen atoms in total. The zero-order valence-corrected chi connectivity index (χ0v) is 18.4. The first-order valence-electron chi connectivity index (χ1n) is 10.2. The number of amides is 2. The van der Waals surface area contributed by atoms with Gasteiger partial charge in [0.1, 0.15) is 0 Å². The predicted octanol–water partition coefficient (Wildman–Crippen LogP) is 4.77. The van der Waals surface area contributed by atoms with Crippen LogP contribution in [0, 0.1) is 6.92 Å². The van der Waals surface area contributed by atoms with Gasteiger partial charge in [-0.15, -0.1) is 0 Å². The number of nitrogens with one attached hydrogen (secondary N) is 3. The van der Waals surface area contributed by atoms with Crippen molar-refractivity contribution in [2.24, 2.45) is 0 Å². The quantitative estimate of drug-likeness (QED) is 0.402. The molecular weight excluding hydrogens is 438 g/mol. The molecule has 1 aliphatic heterocycles. The molecule has 33 heavy (non-hydrogen) atoms. The highest BCUT2D eigenvalue weighted by Crippen LogP contribution is 2.37. The molecule has 0 aromatic heterocycles. The van der Waals surface area contributed by atoms with Crippen LogP contribution in [0.25, 0.3) is 10.8 Å². The molecule has 5 rings (SSSR count). The summed E-state index contributed by atoms with van der Waals surface area (Å²) in [6, 6.07) is 21.7. The van der Waals surface area contributed by atoms with Gasteiger partial charge in [0.25, 0.3) is 21.8 Å². The van der Waals surface area contributed by atoms with Crippen molar-refractivity contribution in [3.63, 3.8) is 0 Å². The van der Waals surface area contributed by atoms with Gasteiger partial charge in [-0.1, -0.05) is 36.4 Å². The Kier molecular flexibility index (Phi) is 4.87. The summed E-state index contributed by atoms with van der Waals surface area (Å²) < 4.78 is 29.3. The van der Waals surface area contributed by atoms with Gasteiger partial charge in [-0.05, 0) is 55.0 Å². The summed E-state index contributed by atoms with van der Waals surface area (Å²) in [6.45, 7) is 1.92. The molecule has 0 spiro atoms. The van der Waals surface area contributed by atoms with Crippen LogP contribution in [0.3, 0.4) is 0 Å².